The van der Waals surface area contributed by atoms with E-state index in [1.54, 1.807) is 29.2 Å². The van der Waals surface area contributed by atoms with E-state index in [0.717, 1.165) is 0 Å². The van der Waals surface area contributed by atoms with Gasteiger partial charge in [-0.25, -0.2) is 9.48 Å². The maximum absolute atomic E-state index is 12.6. The summed E-state index contributed by atoms with van der Waals surface area (Å²) in [4.78, 5) is 25.5. The van der Waals surface area contributed by atoms with Crippen molar-refractivity contribution in [2.45, 2.75) is 0 Å². The lowest BCUT2D eigenvalue weighted by molar-refractivity contribution is 0.0297. The number of morpholine rings is 1. The standard InChI is InChI=1S/C15H15N3O4/c19-14(17-6-8-22-9-7-17)13-10-12(15(20)21)16-18(13)11-4-2-1-3-5-11/h1-5,10H,6-9H2,(H,20,21). The maximum Gasteiger partial charge on any atom is 0.356 e. The van der Waals surface area contributed by atoms with Crippen molar-refractivity contribution in [1.29, 1.82) is 0 Å². The molecule has 0 radical (unpaired) electrons. The summed E-state index contributed by atoms with van der Waals surface area (Å²) in [6.45, 7) is 1.94. The molecule has 7 heteroatoms. The van der Waals surface area contributed by atoms with Crippen molar-refractivity contribution in [3.8, 4) is 5.69 Å². The Morgan fingerprint density at radius 1 is 1.14 bits per heavy atom. The summed E-state index contributed by atoms with van der Waals surface area (Å²) in [5, 5.41) is 13.2. The van der Waals surface area contributed by atoms with E-state index in [1.807, 2.05) is 6.07 Å². The lowest BCUT2D eigenvalue weighted by atomic mass is 10.2. The molecule has 0 spiro atoms. The van der Waals surface area contributed by atoms with Gasteiger partial charge in [0.25, 0.3) is 5.91 Å². The Balaban J connectivity index is 2.01. The van der Waals surface area contributed by atoms with Crippen molar-refractivity contribution in [3.63, 3.8) is 0 Å². The number of carbonyl (C=O) groups excluding carboxylic acids is 1. The van der Waals surface area contributed by atoms with Crippen LogP contribution in [0.5, 0.6) is 0 Å². The van der Waals surface area contributed by atoms with Crippen molar-refractivity contribution in [3.05, 3.63) is 47.8 Å². The largest absolute Gasteiger partial charge is 0.476 e. The SMILES string of the molecule is O=C(O)c1cc(C(=O)N2CCOCC2)n(-c2ccccc2)n1. The van der Waals surface area contributed by atoms with Crippen LogP contribution in [0.2, 0.25) is 0 Å². The van der Waals surface area contributed by atoms with E-state index < -0.39 is 5.97 Å². The number of aromatic carboxylic acids is 1. The van der Waals surface area contributed by atoms with Gasteiger partial charge in [0.15, 0.2) is 5.69 Å². The van der Waals surface area contributed by atoms with Gasteiger partial charge in [-0.3, -0.25) is 4.79 Å². The Kier molecular flexibility index (Phi) is 3.88. The van der Waals surface area contributed by atoms with E-state index in [4.69, 9.17) is 9.84 Å². The van der Waals surface area contributed by atoms with Crippen LogP contribution in [-0.2, 0) is 4.74 Å². The lowest BCUT2D eigenvalue weighted by Gasteiger charge is -2.26. The van der Waals surface area contributed by atoms with Crippen LogP contribution in [0, 0.1) is 0 Å². The summed E-state index contributed by atoms with van der Waals surface area (Å²) in [6.07, 6.45) is 0. The number of nitrogens with zero attached hydrogens (tertiary/aromatic N) is 3. The number of carboxylic acids is 1. The highest BCUT2D eigenvalue weighted by atomic mass is 16.5. The molecule has 1 aromatic heterocycles. The summed E-state index contributed by atoms with van der Waals surface area (Å²) < 4.78 is 6.61. The third-order valence-corrected chi connectivity index (χ3v) is 3.45. The Bertz CT molecular complexity index is 690. The van der Waals surface area contributed by atoms with Crippen LogP contribution >= 0.6 is 0 Å². The molecule has 1 saturated heterocycles. The second-order valence-corrected chi connectivity index (χ2v) is 4.87. The van der Waals surface area contributed by atoms with Gasteiger partial charge in [0.2, 0.25) is 0 Å². The average molecular weight is 301 g/mol. The molecule has 0 bridgehead atoms. The van der Waals surface area contributed by atoms with Crippen LogP contribution < -0.4 is 0 Å². The zero-order valence-electron chi connectivity index (χ0n) is 11.8. The van der Waals surface area contributed by atoms with Gasteiger partial charge in [-0.1, -0.05) is 18.2 Å². The molecule has 1 amide bonds. The molecule has 0 unspecified atom stereocenters. The van der Waals surface area contributed by atoms with Crippen molar-refractivity contribution in [2.24, 2.45) is 0 Å². The van der Waals surface area contributed by atoms with Crippen LogP contribution in [0.25, 0.3) is 5.69 Å². The second-order valence-electron chi connectivity index (χ2n) is 4.87. The summed E-state index contributed by atoms with van der Waals surface area (Å²) in [7, 11) is 0. The van der Waals surface area contributed by atoms with Crippen molar-refractivity contribution < 1.29 is 19.4 Å². The monoisotopic (exact) mass is 301 g/mol. The zero-order chi connectivity index (χ0) is 15.5. The summed E-state index contributed by atoms with van der Waals surface area (Å²) in [5.41, 5.74) is 0.734. The number of ether oxygens (including phenoxy) is 1. The predicted octanol–water partition coefficient (Wildman–Crippen LogP) is 1.04. The zero-order valence-corrected chi connectivity index (χ0v) is 11.8. The minimum Gasteiger partial charge on any atom is -0.476 e. The number of aromatic nitrogens is 2. The van der Waals surface area contributed by atoms with E-state index in [1.165, 1.54) is 10.7 Å². The smallest absolute Gasteiger partial charge is 0.356 e. The summed E-state index contributed by atoms with van der Waals surface area (Å²) in [5.74, 6) is -1.40. The van der Waals surface area contributed by atoms with Gasteiger partial charge in [0.1, 0.15) is 5.69 Å². The predicted molar refractivity (Wildman–Crippen MR) is 77.2 cm³/mol. The molecular weight excluding hydrogens is 286 g/mol. The molecule has 1 aliphatic heterocycles. The molecule has 1 aromatic carbocycles. The van der Waals surface area contributed by atoms with Gasteiger partial charge < -0.3 is 14.7 Å². The van der Waals surface area contributed by atoms with E-state index in [0.29, 0.717) is 32.0 Å². The number of rotatable bonds is 3. The number of hydrogen-bond acceptors (Lipinski definition) is 4. The Labute approximate surface area is 126 Å². The number of benzene rings is 1. The number of carbonyl (C=O) groups is 2. The summed E-state index contributed by atoms with van der Waals surface area (Å²) >= 11 is 0. The molecule has 0 saturated carbocycles. The molecule has 1 fully saturated rings. The first kappa shape index (κ1) is 14.3. The third kappa shape index (κ3) is 2.71. The Morgan fingerprint density at radius 3 is 2.45 bits per heavy atom. The van der Waals surface area contributed by atoms with Gasteiger partial charge in [-0.05, 0) is 12.1 Å². The summed E-state index contributed by atoms with van der Waals surface area (Å²) in [6, 6.07) is 10.3. The van der Waals surface area contributed by atoms with Crippen LogP contribution in [0.4, 0.5) is 0 Å². The molecule has 1 N–H and O–H groups in total. The minimum absolute atomic E-state index is 0.152. The molecule has 22 heavy (non-hydrogen) atoms. The molecule has 0 atom stereocenters. The molecule has 2 heterocycles. The lowest BCUT2D eigenvalue weighted by Crippen LogP contribution is -2.41. The number of hydrogen-bond donors (Lipinski definition) is 1. The molecule has 1 aliphatic rings. The van der Waals surface area contributed by atoms with E-state index in [2.05, 4.69) is 5.10 Å². The van der Waals surface area contributed by atoms with Gasteiger partial charge in [0.05, 0.1) is 18.9 Å². The average Bonchev–Trinajstić information content (AvgIpc) is 3.01. The first-order valence-corrected chi connectivity index (χ1v) is 6.92. The highest BCUT2D eigenvalue weighted by Gasteiger charge is 2.25. The van der Waals surface area contributed by atoms with Gasteiger partial charge in [-0.2, -0.15) is 5.10 Å². The van der Waals surface area contributed by atoms with Gasteiger partial charge in [-0.15, -0.1) is 0 Å². The first-order chi connectivity index (χ1) is 10.7. The Morgan fingerprint density at radius 2 is 1.82 bits per heavy atom. The fourth-order valence-corrected chi connectivity index (χ4v) is 2.33. The van der Waals surface area contributed by atoms with Crippen LogP contribution in [0.3, 0.4) is 0 Å². The fraction of sp³-hybridized carbons (Fsp3) is 0.267. The molecule has 2 aromatic rings. The normalized spacial score (nSPS) is 14.8. The minimum atomic E-state index is -1.16. The quantitative estimate of drug-likeness (QED) is 0.915. The highest BCUT2D eigenvalue weighted by Crippen LogP contribution is 2.15. The molecule has 3 rings (SSSR count). The first-order valence-electron chi connectivity index (χ1n) is 6.92. The number of amides is 1. The maximum atomic E-state index is 12.6. The fourth-order valence-electron chi connectivity index (χ4n) is 2.33. The highest BCUT2D eigenvalue weighted by molar-refractivity contribution is 5.96. The molecule has 114 valence electrons. The molecular formula is C15H15N3O4. The van der Waals surface area contributed by atoms with Crippen LogP contribution in [0.1, 0.15) is 21.0 Å². The molecule has 0 aliphatic carbocycles. The van der Waals surface area contributed by atoms with E-state index in [-0.39, 0.29) is 17.3 Å². The van der Waals surface area contributed by atoms with Crippen LogP contribution in [0.15, 0.2) is 36.4 Å². The number of para-hydroxylation sites is 1. The topological polar surface area (TPSA) is 84.7 Å². The Hall–Kier alpha value is -2.67. The number of carboxylic acid groups (broad SMARTS) is 1. The van der Waals surface area contributed by atoms with E-state index in [9.17, 15) is 9.59 Å². The third-order valence-electron chi connectivity index (χ3n) is 3.45. The van der Waals surface area contributed by atoms with Gasteiger partial charge in [0, 0.05) is 19.2 Å². The van der Waals surface area contributed by atoms with Crippen molar-refractivity contribution in [2.75, 3.05) is 26.3 Å². The molecule has 7 nitrogen and oxygen atoms in total. The van der Waals surface area contributed by atoms with Crippen LogP contribution in [-0.4, -0.2) is 58.0 Å². The second kappa shape index (κ2) is 5.98. The van der Waals surface area contributed by atoms with E-state index >= 15 is 0 Å². The van der Waals surface area contributed by atoms with Crippen molar-refractivity contribution >= 4 is 11.9 Å². The van der Waals surface area contributed by atoms with Crippen molar-refractivity contribution in [1.82, 2.24) is 14.7 Å². The van der Waals surface area contributed by atoms with Gasteiger partial charge >= 0.3 is 5.97 Å².